The average Bonchev–Trinajstić information content (AvgIpc) is 2.37. The first-order chi connectivity index (χ1) is 9.99. The van der Waals surface area contributed by atoms with Crippen LogP contribution in [0.3, 0.4) is 0 Å². The number of carbonyl (C=O) groups is 2. The highest BCUT2D eigenvalue weighted by atomic mass is 16.1. The first kappa shape index (κ1) is 16.7. The zero-order valence-electron chi connectivity index (χ0n) is 14.5. The quantitative estimate of drug-likeness (QED) is 0.748. The molecule has 22 heavy (non-hydrogen) atoms. The number of allylic oxidation sites excluding steroid dienone is 2. The normalized spacial score (nSPS) is 16.1. The Labute approximate surface area is 133 Å². The van der Waals surface area contributed by atoms with Crippen LogP contribution in [0.5, 0.6) is 0 Å². The van der Waals surface area contributed by atoms with E-state index in [1.54, 1.807) is 12.1 Å². The van der Waals surface area contributed by atoms with E-state index in [0.717, 1.165) is 0 Å². The van der Waals surface area contributed by atoms with E-state index in [2.05, 4.69) is 41.5 Å². The summed E-state index contributed by atoms with van der Waals surface area (Å²) in [6.45, 7) is 12.6. The number of hydrogen-bond acceptors (Lipinski definition) is 2. The summed E-state index contributed by atoms with van der Waals surface area (Å²) in [6.07, 6.45) is 1.27. The van der Waals surface area contributed by atoms with Crippen LogP contribution in [0.4, 0.5) is 0 Å². The van der Waals surface area contributed by atoms with Gasteiger partial charge in [-0.2, -0.15) is 0 Å². The van der Waals surface area contributed by atoms with Crippen molar-refractivity contribution in [3.8, 4) is 0 Å². The molecule has 1 aromatic carbocycles. The van der Waals surface area contributed by atoms with Gasteiger partial charge in [-0.1, -0.05) is 65.8 Å². The van der Waals surface area contributed by atoms with E-state index in [4.69, 9.17) is 0 Å². The van der Waals surface area contributed by atoms with E-state index in [1.807, 2.05) is 12.1 Å². The minimum Gasteiger partial charge on any atom is -0.289 e. The van der Waals surface area contributed by atoms with Gasteiger partial charge in [0.05, 0.1) is 0 Å². The fourth-order valence-electron chi connectivity index (χ4n) is 2.91. The van der Waals surface area contributed by atoms with Crippen molar-refractivity contribution in [2.45, 2.75) is 54.4 Å². The molecule has 0 fully saturated rings. The van der Waals surface area contributed by atoms with Crippen LogP contribution < -0.4 is 0 Å². The molecule has 0 aliphatic heterocycles. The second-order valence-corrected chi connectivity index (χ2v) is 8.64. The van der Waals surface area contributed by atoms with Crippen molar-refractivity contribution < 1.29 is 9.59 Å². The van der Waals surface area contributed by atoms with E-state index < -0.39 is 0 Å². The van der Waals surface area contributed by atoms with Crippen molar-refractivity contribution in [3.05, 3.63) is 46.5 Å². The first-order valence-corrected chi connectivity index (χ1v) is 7.90. The molecule has 1 aromatic rings. The molecule has 2 heteroatoms. The monoisotopic (exact) mass is 298 g/mol. The summed E-state index contributed by atoms with van der Waals surface area (Å²) in [5.74, 6) is 0.0637. The molecular formula is C20H26O2. The number of rotatable bonds is 2. The van der Waals surface area contributed by atoms with E-state index >= 15 is 0 Å². The highest BCUT2D eigenvalue weighted by molar-refractivity contribution is 6.26. The highest BCUT2D eigenvalue weighted by Gasteiger charge is 2.35. The number of ketones is 2. The lowest BCUT2D eigenvalue weighted by atomic mass is 9.73. The lowest BCUT2D eigenvalue weighted by Gasteiger charge is -2.29. The zero-order chi connectivity index (χ0) is 16.7. The number of carbonyl (C=O) groups excluding carboxylic acids is 2. The molecule has 0 saturated carbocycles. The van der Waals surface area contributed by atoms with Gasteiger partial charge in [-0.3, -0.25) is 9.59 Å². The third-order valence-corrected chi connectivity index (χ3v) is 3.74. The van der Waals surface area contributed by atoms with Crippen molar-refractivity contribution in [2.75, 3.05) is 0 Å². The Hall–Kier alpha value is -1.70. The van der Waals surface area contributed by atoms with Gasteiger partial charge in [0.25, 0.3) is 0 Å². The fourth-order valence-corrected chi connectivity index (χ4v) is 2.91. The Morgan fingerprint density at radius 1 is 0.682 bits per heavy atom. The van der Waals surface area contributed by atoms with E-state index in [9.17, 15) is 9.59 Å². The van der Waals surface area contributed by atoms with Crippen LogP contribution >= 0.6 is 0 Å². The molecule has 0 heterocycles. The molecule has 1 aliphatic carbocycles. The van der Waals surface area contributed by atoms with Gasteiger partial charge in [-0.25, -0.2) is 0 Å². The molecule has 1 aliphatic rings. The van der Waals surface area contributed by atoms with Crippen LogP contribution in [0.25, 0.3) is 0 Å². The first-order valence-electron chi connectivity index (χ1n) is 7.90. The molecule has 0 unspecified atom stereocenters. The van der Waals surface area contributed by atoms with Crippen LogP contribution in [-0.2, 0) is 0 Å². The smallest absolute Gasteiger partial charge is 0.190 e. The molecule has 0 bridgehead atoms. The molecule has 0 radical (unpaired) electrons. The largest absolute Gasteiger partial charge is 0.289 e. The summed E-state index contributed by atoms with van der Waals surface area (Å²) in [7, 11) is 0. The van der Waals surface area contributed by atoms with Gasteiger partial charge in [0.1, 0.15) is 0 Å². The highest BCUT2D eigenvalue weighted by Crippen LogP contribution is 2.38. The Morgan fingerprint density at radius 3 is 1.27 bits per heavy atom. The summed E-state index contributed by atoms with van der Waals surface area (Å²) in [5, 5.41) is 0. The minimum atomic E-state index is -0.0271. The van der Waals surface area contributed by atoms with Gasteiger partial charge < -0.3 is 0 Å². The van der Waals surface area contributed by atoms with Crippen molar-refractivity contribution in [2.24, 2.45) is 10.8 Å². The molecule has 0 amide bonds. The number of Topliss-reactive ketones (excluding diaryl/α,β-unsaturated/α-hetero) is 2. The molecule has 2 rings (SSSR count). The molecule has 0 saturated heterocycles. The molecule has 118 valence electrons. The molecule has 0 aromatic heterocycles. The number of fused-ring (bicyclic) bond motifs is 1. The van der Waals surface area contributed by atoms with Crippen molar-refractivity contribution >= 4 is 11.6 Å². The third kappa shape index (κ3) is 3.55. The number of hydrogen-bond donors (Lipinski definition) is 0. The zero-order valence-corrected chi connectivity index (χ0v) is 14.5. The van der Waals surface area contributed by atoms with Crippen LogP contribution in [0.15, 0.2) is 35.4 Å². The molecule has 0 atom stereocenters. The SMILES string of the molecule is CC(C)(C)CC1=C(CC(C)(C)C)C(=O)c2ccccc2C1=O. The summed E-state index contributed by atoms with van der Waals surface area (Å²) >= 11 is 0. The predicted molar refractivity (Wildman–Crippen MR) is 90.3 cm³/mol. The molecule has 2 nitrogen and oxygen atoms in total. The second kappa shape index (κ2) is 5.49. The van der Waals surface area contributed by atoms with Gasteiger partial charge in [0, 0.05) is 22.3 Å². The average molecular weight is 298 g/mol. The standard InChI is InChI=1S/C20H26O2/c1-19(2,3)11-15-16(12-20(4,5)6)18(22)14-10-8-7-9-13(14)17(15)21/h7-10H,11-12H2,1-6H3. The number of benzene rings is 1. The summed E-state index contributed by atoms with van der Waals surface area (Å²) in [4.78, 5) is 25.9. The third-order valence-electron chi connectivity index (χ3n) is 3.74. The van der Waals surface area contributed by atoms with Gasteiger partial charge >= 0.3 is 0 Å². The van der Waals surface area contributed by atoms with Crippen LogP contribution in [-0.4, -0.2) is 11.6 Å². The maximum absolute atomic E-state index is 12.9. The van der Waals surface area contributed by atoms with Crippen LogP contribution in [0, 0.1) is 10.8 Å². The minimum absolute atomic E-state index is 0.0271. The van der Waals surface area contributed by atoms with E-state index in [1.165, 1.54) is 0 Å². The lowest BCUT2D eigenvalue weighted by Crippen LogP contribution is -2.27. The van der Waals surface area contributed by atoms with Crippen molar-refractivity contribution in [1.82, 2.24) is 0 Å². The summed E-state index contributed by atoms with van der Waals surface area (Å²) < 4.78 is 0. The molecule has 0 N–H and O–H groups in total. The van der Waals surface area contributed by atoms with Gasteiger partial charge in [-0.05, 0) is 23.7 Å². The topological polar surface area (TPSA) is 34.1 Å². The Morgan fingerprint density at radius 2 is 1.00 bits per heavy atom. The summed E-state index contributed by atoms with van der Waals surface area (Å²) in [5.41, 5.74) is 2.49. The lowest BCUT2D eigenvalue weighted by molar-refractivity contribution is 0.0959. The van der Waals surface area contributed by atoms with E-state index in [0.29, 0.717) is 35.1 Å². The Bertz CT molecular complexity index is 592. The predicted octanol–water partition coefficient (Wildman–Crippen LogP) is 5.23. The van der Waals surface area contributed by atoms with Crippen LogP contribution in [0.2, 0.25) is 0 Å². The van der Waals surface area contributed by atoms with Crippen molar-refractivity contribution in [1.29, 1.82) is 0 Å². The van der Waals surface area contributed by atoms with Gasteiger partial charge in [-0.15, -0.1) is 0 Å². The second-order valence-electron chi connectivity index (χ2n) is 8.64. The van der Waals surface area contributed by atoms with Crippen molar-refractivity contribution in [3.63, 3.8) is 0 Å². The summed E-state index contributed by atoms with van der Waals surface area (Å²) in [6, 6.07) is 7.19. The van der Waals surface area contributed by atoms with E-state index in [-0.39, 0.29) is 22.4 Å². The fraction of sp³-hybridized carbons (Fsp3) is 0.500. The van der Waals surface area contributed by atoms with Gasteiger partial charge in [0.15, 0.2) is 11.6 Å². The maximum atomic E-state index is 12.9. The van der Waals surface area contributed by atoms with Gasteiger partial charge in [0.2, 0.25) is 0 Å². The van der Waals surface area contributed by atoms with Crippen LogP contribution in [0.1, 0.15) is 75.1 Å². The molecular weight excluding hydrogens is 272 g/mol. The Balaban J connectivity index is 2.60. The Kier molecular flexibility index (Phi) is 4.16. The maximum Gasteiger partial charge on any atom is 0.190 e. The molecule has 0 spiro atoms.